The van der Waals surface area contributed by atoms with Crippen molar-refractivity contribution in [2.24, 2.45) is 5.41 Å². The van der Waals surface area contributed by atoms with Gasteiger partial charge in [-0.3, -0.25) is 4.79 Å². The number of carbonyl (C=O) groups is 2. The Morgan fingerprint density at radius 1 is 1.40 bits per heavy atom. The van der Waals surface area contributed by atoms with E-state index in [0.717, 1.165) is 11.3 Å². The Bertz CT molecular complexity index is 574. The van der Waals surface area contributed by atoms with Crippen molar-refractivity contribution in [1.82, 2.24) is 0 Å². The molecule has 0 spiro atoms. The van der Waals surface area contributed by atoms with E-state index >= 15 is 0 Å². The van der Waals surface area contributed by atoms with Crippen molar-refractivity contribution in [3.8, 4) is 0 Å². The molecular formula is C17H21NO2. The van der Waals surface area contributed by atoms with E-state index in [9.17, 15) is 9.59 Å². The highest BCUT2D eigenvalue weighted by Crippen LogP contribution is 2.52. The van der Waals surface area contributed by atoms with Gasteiger partial charge in [-0.25, -0.2) is 0 Å². The summed E-state index contributed by atoms with van der Waals surface area (Å²) in [6, 6.07) is 7.71. The third kappa shape index (κ3) is 1.98. The molecule has 3 nitrogen and oxygen atoms in total. The minimum absolute atomic E-state index is 0.0372. The monoisotopic (exact) mass is 271 g/mol. The number of rotatable bonds is 5. The molecule has 1 aromatic rings. The Hall–Kier alpha value is -1.90. The summed E-state index contributed by atoms with van der Waals surface area (Å²) < 4.78 is 0. The van der Waals surface area contributed by atoms with Crippen LogP contribution in [0.3, 0.4) is 0 Å². The van der Waals surface area contributed by atoms with E-state index < -0.39 is 10.8 Å². The number of fused-ring (bicyclic) bond motifs is 1. The molecule has 3 heteroatoms. The van der Waals surface area contributed by atoms with E-state index in [0.29, 0.717) is 12.8 Å². The number of hydrogen-bond donors (Lipinski definition) is 1. The highest BCUT2D eigenvalue weighted by atomic mass is 16.2. The van der Waals surface area contributed by atoms with Crippen molar-refractivity contribution in [3.05, 3.63) is 42.5 Å². The van der Waals surface area contributed by atoms with Crippen LogP contribution in [0, 0.1) is 5.41 Å². The first-order valence-corrected chi connectivity index (χ1v) is 6.89. The van der Waals surface area contributed by atoms with Gasteiger partial charge in [0.25, 0.3) is 0 Å². The number of nitrogens with one attached hydrogen (secondary N) is 1. The van der Waals surface area contributed by atoms with Gasteiger partial charge in [-0.05, 0) is 25.0 Å². The molecule has 0 saturated carbocycles. The van der Waals surface area contributed by atoms with Crippen LogP contribution in [0.1, 0.15) is 39.2 Å². The van der Waals surface area contributed by atoms with Crippen molar-refractivity contribution >= 4 is 17.4 Å². The second-order valence-corrected chi connectivity index (χ2v) is 6.03. The van der Waals surface area contributed by atoms with Gasteiger partial charge >= 0.3 is 0 Å². The van der Waals surface area contributed by atoms with Crippen LogP contribution in [0.2, 0.25) is 0 Å². The first kappa shape index (κ1) is 14.5. The molecule has 20 heavy (non-hydrogen) atoms. The molecule has 0 saturated heterocycles. The van der Waals surface area contributed by atoms with E-state index in [-0.39, 0.29) is 11.7 Å². The van der Waals surface area contributed by atoms with Crippen LogP contribution in [-0.4, -0.2) is 11.7 Å². The largest absolute Gasteiger partial charge is 0.325 e. The zero-order chi connectivity index (χ0) is 15.0. The van der Waals surface area contributed by atoms with Crippen molar-refractivity contribution in [2.75, 3.05) is 5.32 Å². The van der Waals surface area contributed by atoms with Crippen LogP contribution in [0.4, 0.5) is 5.69 Å². The van der Waals surface area contributed by atoms with Crippen molar-refractivity contribution in [1.29, 1.82) is 0 Å². The number of benzene rings is 1. The van der Waals surface area contributed by atoms with Crippen LogP contribution in [0.25, 0.3) is 0 Å². The van der Waals surface area contributed by atoms with Gasteiger partial charge in [-0.15, -0.1) is 6.58 Å². The molecule has 1 heterocycles. The van der Waals surface area contributed by atoms with Gasteiger partial charge in [0.05, 0.1) is 5.41 Å². The summed E-state index contributed by atoms with van der Waals surface area (Å²) in [5.74, 6) is 0.0614. The standard InChI is InChI=1S/C17H21NO2/c1-5-16(3,4)17(11-10-12(2)19)13-8-6-7-9-14(13)18-15(17)20/h5-9H,1,10-11H2,2-4H3,(H,18,20). The predicted molar refractivity (Wildman–Crippen MR) is 80.6 cm³/mol. The van der Waals surface area contributed by atoms with Gasteiger partial charge in [0.15, 0.2) is 0 Å². The average Bonchev–Trinajstić information content (AvgIpc) is 2.69. The van der Waals surface area contributed by atoms with Gasteiger partial charge in [0, 0.05) is 17.5 Å². The average molecular weight is 271 g/mol. The van der Waals surface area contributed by atoms with Crippen LogP contribution >= 0.6 is 0 Å². The maximum absolute atomic E-state index is 12.7. The number of hydrogen-bond acceptors (Lipinski definition) is 2. The molecule has 2 rings (SSSR count). The second kappa shape index (κ2) is 4.89. The third-order valence-electron chi connectivity index (χ3n) is 4.48. The molecule has 1 aromatic carbocycles. The Morgan fingerprint density at radius 2 is 2.05 bits per heavy atom. The smallest absolute Gasteiger partial charge is 0.235 e. The summed E-state index contributed by atoms with van der Waals surface area (Å²) >= 11 is 0. The molecule has 1 atom stereocenters. The fourth-order valence-corrected chi connectivity index (χ4v) is 3.06. The zero-order valence-corrected chi connectivity index (χ0v) is 12.3. The minimum atomic E-state index is -0.725. The van der Waals surface area contributed by atoms with Crippen molar-refractivity contribution in [2.45, 2.75) is 39.0 Å². The Morgan fingerprint density at radius 3 is 2.65 bits per heavy atom. The molecular weight excluding hydrogens is 250 g/mol. The van der Waals surface area contributed by atoms with E-state index in [1.807, 2.05) is 44.2 Å². The molecule has 1 N–H and O–H groups in total. The summed E-state index contributed by atoms with van der Waals surface area (Å²) in [5.41, 5.74) is 0.656. The molecule has 0 radical (unpaired) electrons. The lowest BCUT2D eigenvalue weighted by Crippen LogP contribution is -2.46. The van der Waals surface area contributed by atoms with Gasteiger partial charge < -0.3 is 10.1 Å². The van der Waals surface area contributed by atoms with Gasteiger partial charge in [0.1, 0.15) is 5.78 Å². The van der Waals surface area contributed by atoms with Crippen LogP contribution in [0.5, 0.6) is 0 Å². The molecule has 0 aromatic heterocycles. The minimum Gasteiger partial charge on any atom is -0.325 e. The SMILES string of the molecule is C=CC(C)(C)C1(CCC(C)=O)C(=O)Nc2ccccc21. The Kier molecular flexibility index (Phi) is 3.55. The highest BCUT2D eigenvalue weighted by molar-refractivity contribution is 6.07. The number of para-hydroxylation sites is 1. The number of Topliss-reactive ketones (excluding diaryl/α,β-unsaturated/α-hetero) is 1. The van der Waals surface area contributed by atoms with Crippen LogP contribution in [-0.2, 0) is 15.0 Å². The number of amides is 1. The number of ketones is 1. The molecule has 0 fully saturated rings. The van der Waals surface area contributed by atoms with Gasteiger partial charge in [-0.1, -0.05) is 38.1 Å². The second-order valence-electron chi connectivity index (χ2n) is 6.03. The van der Waals surface area contributed by atoms with Crippen LogP contribution < -0.4 is 5.32 Å². The lowest BCUT2D eigenvalue weighted by Gasteiger charge is -2.40. The molecule has 0 bridgehead atoms. The molecule has 1 aliphatic heterocycles. The summed E-state index contributed by atoms with van der Waals surface area (Å²) in [7, 11) is 0. The lowest BCUT2D eigenvalue weighted by molar-refractivity contribution is -0.125. The lowest BCUT2D eigenvalue weighted by atomic mass is 9.60. The molecule has 106 valence electrons. The summed E-state index contributed by atoms with van der Waals surface area (Å²) in [5, 5.41) is 2.95. The maximum atomic E-state index is 12.7. The van der Waals surface area contributed by atoms with E-state index in [1.54, 1.807) is 6.92 Å². The first-order chi connectivity index (χ1) is 9.35. The Labute approximate surface area is 120 Å². The molecule has 1 aliphatic rings. The first-order valence-electron chi connectivity index (χ1n) is 6.89. The van der Waals surface area contributed by atoms with E-state index in [4.69, 9.17) is 0 Å². The number of carbonyl (C=O) groups excluding carboxylic acids is 2. The molecule has 1 amide bonds. The van der Waals surface area contributed by atoms with E-state index in [1.165, 1.54) is 0 Å². The summed E-state index contributed by atoms with van der Waals surface area (Å²) in [4.78, 5) is 24.1. The van der Waals surface area contributed by atoms with Crippen molar-refractivity contribution in [3.63, 3.8) is 0 Å². The summed E-state index contributed by atoms with van der Waals surface area (Å²) in [6.45, 7) is 9.46. The topological polar surface area (TPSA) is 46.2 Å². The normalized spacial score (nSPS) is 21.2. The fraction of sp³-hybridized carbons (Fsp3) is 0.412. The fourth-order valence-electron chi connectivity index (χ4n) is 3.06. The van der Waals surface area contributed by atoms with Crippen molar-refractivity contribution < 1.29 is 9.59 Å². The molecule has 0 aliphatic carbocycles. The predicted octanol–water partition coefficient (Wildman–Crippen LogP) is 3.46. The Balaban J connectivity index is 2.61. The number of allylic oxidation sites excluding steroid dienone is 1. The van der Waals surface area contributed by atoms with Gasteiger partial charge in [0.2, 0.25) is 5.91 Å². The quantitative estimate of drug-likeness (QED) is 0.834. The maximum Gasteiger partial charge on any atom is 0.235 e. The van der Waals surface area contributed by atoms with Gasteiger partial charge in [-0.2, -0.15) is 0 Å². The third-order valence-corrected chi connectivity index (χ3v) is 4.48. The highest BCUT2D eigenvalue weighted by Gasteiger charge is 2.54. The summed E-state index contributed by atoms with van der Waals surface area (Å²) in [6.07, 6.45) is 2.71. The van der Waals surface area contributed by atoms with Crippen LogP contribution in [0.15, 0.2) is 36.9 Å². The van der Waals surface area contributed by atoms with E-state index in [2.05, 4.69) is 11.9 Å². The molecule has 1 unspecified atom stereocenters. The zero-order valence-electron chi connectivity index (χ0n) is 12.3. The number of anilines is 1.